The normalized spacial score (nSPS) is 10.6. The maximum atomic E-state index is 12.9. The van der Waals surface area contributed by atoms with Crippen molar-refractivity contribution >= 4 is 11.3 Å². The lowest BCUT2D eigenvalue weighted by Gasteiger charge is -1.96. The Labute approximate surface area is 62.3 Å². The van der Waals surface area contributed by atoms with Crippen LogP contribution in [-0.2, 0) is 0 Å². The van der Waals surface area contributed by atoms with E-state index in [1.54, 1.807) is 16.8 Å². The first-order valence-corrected chi connectivity index (χ1v) is 3.15. The van der Waals surface area contributed by atoms with E-state index in [9.17, 15) is 4.39 Å². The van der Waals surface area contributed by atoms with Crippen LogP contribution >= 0.6 is 0 Å². The van der Waals surface area contributed by atoms with E-state index < -0.39 is 5.82 Å². The minimum Gasteiger partial charge on any atom is -0.397 e. The van der Waals surface area contributed by atoms with Crippen LogP contribution in [0.4, 0.5) is 10.1 Å². The van der Waals surface area contributed by atoms with Gasteiger partial charge in [0.15, 0.2) is 11.5 Å². The molecule has 3 nitrogen and oxygen atoms in total. The van der Waals surface area contributed by atoms with Crippen LogP contribution in [0.5, 0.6) is 0 Å². The Morgan fingerprint density at radius 2 is 2.36 bits per heavy atom. The number of hydrogen-bond acceptors (Lipinski definition) is 2. The number of imidazole rings is 1. The van der Waals surface area contributed by atoms with E-state index >= 15 is 0 Å². The van der Waals surface area contributed by atoms with Gasteiger partial charge < -0.3 is 10.1 Å². The van der Waals surface area contributed by atoms with Gasteiger partial charge in [0.2, 0.25) is 0 Å². The quantitative estimate of drug-likeness (QED) is 0.611. The third kappa shape index (κ3) is 0.832. The molecule has 0 aliphatic heterocycles. The Balaban J connectivity index is 2.91. The molecule has 2 aromatic rings. The van der Waals surface area contributed by atoms with Gasteiger partial charge in [-0.1, -0.05) is 0 Å². The van der Waals surface area contributed by atoms with Crippen LogP contribution in [0.2, 0.25) is 0 Å². The zero-order valence-electron chi connectivity index (χ0n) is 5.66. The number of fused-ring (bicyclic) bond motifs is 1. The number of rotatable bonds is 0. The summed E-state index contributed by atoms with van der Waals surface area (Å²) in [5.74, 6) is -0.394. The van der Waals surface area contributed by atoms with Crippen molar-refractivity contribution in [3.05, 3.63) is 30.5 Å². The van der Waals surface area contributed by atoms with Crippen molar-refractivity contribution in [2.75, 3.05) is 5.73 Å². The number of aromatic nitrogens is 2. The lowest BCUT2D eigenvalue weighted by atomic mass is 10.4. The molecule has 2 aromatic heterocycles. The van der Waals surface area contributed by atoms with Crippen molar-refractivity contribution in [1.29, 1.82) is 0 Å². The highest BCUT2D eigenvalue weighted by Gasteiger charge is 2.01. The van der Waals surface area contributed by atoms with E-state index in [0.717, 1.165) is 0 Å². The van der Waals surface area contributed by atoms with Crippen molar-refractivity contribution in [3.63, 3.8) is 0 Å². The Kier molecular flexibility index (Phi) is 1.09. The van der Waals surface area contributed by atoms with E-state index in [2.05, 4.69) is 4.98 Å². The average molecular weight is 151 g/mol. The third-order valence-electron chi connectivity index (χ3n) is 1.46. The van der Waals surface area contributed by atoms with E-state index in [0.29, 0.717) is 11.3 Å². The number of nitrogens with two attached hydrogens (primary N) is 1. The molecule has 0 unspecified atom stereocenters. The van der Waals surface area contributed by atoms with Gasteiger partial charge in [0, 0.05) is 24.7 Å². The summed E-state index contributed by atoms with van der Waals surface area (Å²) in [4.78, 5) is 3.79. The predicted molar refractivity (Wildman–Crippen MR) is 39.6 cm³/mol. The van der Waals surface area contributed by atoms with E-state index in [-0.39, 0.29) is 0 Å². The minimum absolute atomic E-state index is 0.305. The van der Waals surface area contributed by atoms with Crippen LogP contribution in [0.3, 0.4) is 0 Å². The molecule has 4 heteroatoms. The second kappa shape index (κ2) is 1.95. The summed E-state index contributed by atoms with van der Waals surface area (Å²) in [6.07, 6.45) is 4.79. The molecule has 0 atom stereocenters. The fourth-order valence-corrected chi connectivity index (χ4v) is 1.01. The van der Waals surface area contributed by atoms with Crippen LogP contribution in [-0.4, -0.2) is 9.38 Å². The fraction of sp³-hybridized carbons (Fsp3) is 0. The van der Waals surface area contributed by atoms with Gasteiger partial charge in [-0.2, -0.15) is 0 Å². The number of pyridine rings is 1. The van der Waals surface area contributed by atoms with Crippen molar-refractivity contribution in [2.45, 2.75) is 0 Å². The Bertz CT molecular complexity index is 393. The molecule has 2 heterocycles. The molecule has 11 heavy (non-hydrogen) atoms. The highest BCUT2D eigenvalue weighted by atomic mass is 19.1. The first kappa shape index (κ1) is 6.15. The van der Waals surface area contributed by atoms with E-state index in [4.69, 9.17) is 5.73 Å². The molecule has 56 valence electrons. The first-order chi connectivity index (χ1) is 5.27. The molecule has 0 aliphatic carbocycles. The number of nitrogen functional groups attached to an aromatic ring is 1. The third-order valence-corrected chi connectivity index (χ3v) is 1.46. The molecule has 2 rings (SSSR count). The second-order valence-electron chi connectivity index (χ2n) is 2.28. The molecule has 0 fully saturated rings. The first-order valence-electron chi connectivity index (χ1n) is 3.15. The van der Waals surface area contributed by atoms with Crippen LogP contribution in [0.1, 0.15) is 0 Å². The van der Waals surface area contributed by atoms with Crippen LogP contribution in [0.25, 0.3) is 5.65 Å². The van der Waals surface area contributed by atoms with Crippen LogP contribution in [0, 0.1) is 5.82 Å². The monoisotopic (exact) mass is 151 g/mol. The average Bonchev–Trinajstić information content (AvgIpc) is 2.34. The fourth-order valence-electron chi connectivity index (χ4n) is 1.01. The van der Waals surface area contributed by atoms with Gasteiger partial charge in [-0.15, -0.1) is 0 Å². The zero-order valence-corrected chi connectivity index (χ0v) is 5.66. The molecule has 2 N–H and O–H groups in total. The summed E-state index contributed by atoms with van der Waals surface area (Å²) in [7, 11) is 0. The number of anilines is 1. The van der Waals surface area contributed by atoms with Gasteiger partial charge in [-0.25, -0.2) is 9.37 Å². The Morgan fingerprint density at radius 1 is 1.55 bits per heavy atom. The Morgan fingerprint density at radius 3 is 3.18 bits per heavy atom. The smallest absolute Gasteiger partial charge is 0.173 e. The number of nitrogens with zero attached hydrogens (tertiary/aromatic N) is 2. The van der Waals surface area contributed by atoms with Crippen molar-refractivity contribution in [1.82, 2.24) is 9.38 Å². The van der Waals surface area contributed by atoms with Crippen molar-refractivity contribution < 1.29 is 4.39 Å². The van der Waals surface area contributed by atoms with Gasteiger partial charge >= 0.3 is 0 Å². The summed E-state index contributed by atoms with van der Waals surface area (Å²) < 4.78 is 14.5. The molecular formula is C7H6FN3. The summed E-state index contributed by atoms with van der Waals surface area (Å²) in [5.41, 5.74) is 6.10. The highest BCUT2D eigenvalue weighted by Crippen LogP contribution is 2.10. The molecule has 0 saturated carbocycles. The van der Waals surface area contributed by atoms with Crippen LogP contribution < -0.4 is 5.73 Å². The number of hydrogen-bond donors (Lipinski definition) is 1. The summed E-state index contributed by atoms with van der Waals surface area (Å²) in [5, 5.41) is 0. The summed E-state index contributed by atoms with van der Waals surface area (Å²) >= 11 is 0. The minimum atomic E-state index is -0.394. The topological polar surface area (TPSA) is 43.3 Å². The molecule has 0 amide bonds. The predicted octanol–water partition coefficient (Wildman–Crippen LogP) is 1.06. The van der Waals surface area contributed by atoms with Gasteiger partial charge in [0.1, 0.15) is 0 Å². The summed E-state index contributed by atoms with van der Waals surface area (Å²) in [6.45, 7) is 0. The molecule has 0 radical (unpaired) electrons. The lowest BCUT2D eigenvalue weighted by molar-refractivity contribution is 0.631. The van der Waals surface area contributed by atoms with E-state index in [1.165, 1.54) is 12.3 Å². The summed E-state index contributed by atoms with van der Waals surface area (Å²) in [6, 6.07) is 1.25. The lowest BCUT2D eigenvalue weighted by Crippen LogP contribution is -1.92. The van der Waals surface area contributed by atoms with Gasteiger partial charge in [-0.3, -0.25) is 0 Å². The van der Waals surface area contributed by atoms with E-state index in [1.807, 2.05) is 0 Å². The van der Waals surface area contributed by atoms with Crippen molar-refractivity contribution in [3.8, 4) is 0 Å². The van der Waals surface area contributed by atoms with Gasteiger partial charge in [-0.05, 0) is 0 Å². The van der Waals surface area contributed by atoms with Gasteiger partial charge in [0.05, 0.1) is 5.69 Å². The van der Waals surface area contributed by atoms with Crippen LogP contribution in [0.15, 0.2) is 24.7 Å². The molecule has 0 spiro atoms. The zero-order chi connectivity index (χ0) is 7.84. The van der Waals surface area contributed by atoms with Crippen molar-refractivity contribution in [2.24, 2.45) is 0 Å². The molecule has 0 aromatic carbocycles. The SMILES string of the molecule is Nc1cc(F)c2nccn2c1. The molecule has 0 bridgehead atoms. The second-order valence-corrected chi connectivity index (χ2v) is 2.28. The molecule has 0 aliphatic rings. The molecular weight excluding hydrogens is 145 g/mol. The maximum absolute atomic E-state index is 12.9. The Hall–Kier alpha value is -1.58. The number of halogens is 1. The van der Waals surface area contributed by atoms with Gasteiger partial charge in [0.25, 0.3) is 0 Å². The maximum Gasteiger partial charge on any atom is 0.173 e. The highest BCUT2D eigenvalue weighted by molar-refractivity contribution is 5.48. The molecule has 0 saturated heterocycles. The largest absolute Gasteiger partial charge is 0.397 e. The standard InChI is InChI=1S/C7H6FN3/c8-6-3-5(9)4-11-2-1-10-7(6)11/h1-4H,9H2.